The molecule has 1 aliphatic rings. The molecule has 36 heavy (non-hydrogen) atoms. The van der Waals surface area contributed by atoms with E-state index < -0.39 is 0 Å². The SMILES string of the molecule is CN(C)C(=O)c1cc(-c2cnc([C@@H]3CCc4cc(-c5cc(Cl)ccc5-n5cn[nH]5)cc(=O)n43)[nH]2)cs1. The van der Waals surface area contributed by atoms with Crippen LogP contribution in [0.15, 0.2) is 59.1 Å². The van der Waals surface area contributed by atoms with Crippen molar-refractivity contribution in [2.24, 2.45) is 0 Å². The number of aromatic nitrogens is 6. The minimum Gasteiger partial charge on any atom is -0.344 e. The second-order valence-electron chi connectivity index (χ2n) is 8.96. The molecule has 0 aliphatic carbocycles. The number of aryl methyl sites for hydroxylation is 1. The number of rotatable bonds is 5. The number of carbonyl (C=O) groups excluding carboxylic acids is 1. The molecule has 4 aromatic heterocycles. The number of amides is 1. The van der Waals surface area contributed by atoms with Crippen molar-refractivity contribution in [3.63, 3.8) is 0 Å². The van der Waals surface area contributed by atoms with Crippen LogP contribution in [0.25, 0.3) is 28.1 Å². The number of H-pyrrole nitrogens is 2. The molecule has 0 saturated carbocycles. The maximum absolute atomic E-state index is 13.3. The van der Waals surface area contributed by atoms with Gasteiger partial charge in [-0.25, -0.2) is 14.9 Å². The van der Waals surface area contributed by atoms with Crippen LogP contribution in [-0.4, -0.2) is 54.4 Å². The van der Waals surface area contributed by atoms with Crippen LogP contribution in [-0.2, 0) is 6.42 Å². The molecule has 0 saturated heterocycles. The molecular weight excluding hydrogens is 498 g/mol. The first-order chi connectivity index (χ1) is 17.4. The number of nitrogens with one attached hydrogen (secondary N) is 2. The molecule has 182 valence electrons. The smallest absolute Gasteiger partial charge is 0.263 e. The van der Waals surface area contributed by atoms with Crippen molar-refractivity contribution >= 4 is 28.8 Å². The Labute approximate surface area is 215 Å². The fraction of sp³-hybridized carbons (Fsp3) is 0.200. The Morgan fingerprint density at radius 2 is 2.03 bits per heavy atom. The normalized spacial score (nSPS) is 14.8. The topological polar surface area (TPSA) is 105 Å². The molecule has 1 aromatic carbocycles. The van der Waals surface area contributed by atoms with Crippen LogP contribution in [0.2, 0.25) is 5.02 Å². The summed E-state index contributed by atoms with van der Waals surface area (Å²) in [5, 5.41) is 9.31. The Hall–Kier alpha value is -3.89. The first-order valence-electron chi connectivity index (χ1n) is 11.4. The lowest BCUT2D eigenvalue weighted by Gasteiger charge is -2.16. The predicted molar refractivity (Wildman–Crippen MR) is 139 cm³/mol. The number of nitrogens with zero attached hydrogens (tertiary/aromatic N) is 5. The van der Waals surface area contributed by atoms with Gasteiger partial charge < -0.3 is 14.5 Å². The third-order valence-electron chi connectivity index (χ3n) is 6.44. The quantitative estimate of drug-likeness (QED) is 0.359. The van der Waals surface area contributed by atoms with E-state index in [1.807, 2.05) is 34.2 Å². The molecule has 0 unspecified atom stereocenters. The van der Waals surface area contributed by atoms with Gasteiger partial charge in [0.25, 0.3) is 11.5 Å². The number of carbonyl (C=O) groups is 1. The van der Waals surface area contributed by atoms with Crippen molar-refractivity contribution in [2.75, 3.05) is 14.1 Å². The van der Waals surface area contributed by atoms with E-state index >= 15 is 0 Å². The molecule has 5 aromatic rings. The molecule has 9 nitrogen and oxygen atoms in total. The summed E-state index contributed by atoms with van der Waals surface area (Å²) in [6.45, 7) is 0. The van der Waals surface area contributed by atoms with Gasteiger partial charge in [-0.1, -0.05) is 11.6 Å². The Morgan fingerprint density at radius 3 is 2.78 bits per heavy atom. The van der Waals surface area contributed by atoms with Gasteiger partial charge in [0.05, 0.1) is 28.5 Å². The number of hydrogen-bond donors (Lipinski definition) is 2. The summed E-state index contributed by atoms with van der Waals surface area (Å²) in [4.78, 5) is 35.8. The lowest BCUT2D eigenvalue weighted by Crippen LogP contribution is -2.24. The highest BCUT2D eigenvalue weighted by Gasteiger charge is 2.28. The molecule has 11 heteroatoms. The zero-order valence-electron chi connectivity index (χ0n) is 19.5. The molecule has 0 radical (unpaired) electrons. The predicted octanol–water partition coefficient (Wildman–Crippen LogP) is 4.37. The minimum atomic E-state index is -0.181. The highest BCUT2D eigenvalue weighted by Crippen LogP contribution is 2.35. The van der Waals surface area contributed by atoms with Gasteiger partial charge in [-0.15, -0.1) is 16.4 Å². The third-order valence-corrected chi connectivity index (χ3v) is 7.59. The van der Waals surface area contributed by atoms with Gasteiger partial charge in [-0.2, -0.15) is 0 Å². The zero-order valence-corrected chi connectivity index (χ0v) is 21.1. The second kappa shape index (κ2) is 8.65. The first-order valence-corrected chi connectivity index (χ1v) is 12.6. The molecule has 0 bridgehead atoms. The van der Waals surface area contributed by atoms with Gasteiger partial charge in [0.1, 0.15) is 12.2 Å². The molecule has 6 rings (SSSR count). The summed E-state index contributed by atoms with van der Waals surface area (Å²) in [5.74, 6) is 0.702. The van der Waals surface area contributed by atoms with E-state index in [0.717, 1.165) is 52.4 Å². The van der Waals surface area contributed by atoms with Gasteiger partial charge in [0, 0.05) is 47.4 Å². The van der Waals surface area contributed by atoms with Gasteiger partial charge in [-0.3, -0.25) is 9.59 Å². The Bertz CT molecular complexity index is 1650. The third kappa shape index (κ3) is 3.78. The Balaban J connectivity index is 1.33. The monoisotopic (exact) mass is 519 g/mol. The van der Waals surface area contributed by atoms with Crippen LogP contribution in [0.3, 0.4) is 0 Å². The molecule has 2 N–H and O–H groups in total. The molecular formula is C25H22ClN7O2S. The summed E-state index contributed by atoms with van der Waals surface area (Å²) < 4.78 is 3.60. The maximum atomic E-state index is 13.3. The average Bonchev–Trinajstić information content (AvgIpc) is 3.57. The van der Waals surface area contributed by atoms with Gasteiger partial charge in [-0.05, 0) is 48.7 Å². The van der Waals surface area contributed by atoms with Crippen LogP contribution in [0.1, 0.15) is 33.7 Å². The summed E-state index contributed by atoms with van der Waals surface area (Å²) in [6.07, 6.45) is 4.95. The van der Waals surface area contributed by atoms with E-state index in [1.54, 1.807) is 42.3 Å². The van der Waals surface area contributed by atoms with Crippen molar-refractivity contribution in [2.45, 2.75) is 18.9 Å². The van der Waals surface area contributed by atoms with Crippen molar-refractivity contribution in [1.82, 2.24) is 34.4 Å². The van der Waals surface area contributed by atoms with Crippen molar-refractivity contribution in [1.29, 1.82) is 0 Å². The number of pyridine rings is 1. The van der Waals surface area contributed by atoms with Gasteiger partial charge in [0.2, 0.25) is 0 Å². The number of halogens is 1. The van der Waals surface area contributed by atoms with E-state index in [9.17, 15) is 9.59 Å². The number of aromatic amines is 2. The summed E-state index contributed by atoms with van der Waals surface area (Å²) >= 11 is 7.69. The van der Waals surface area contributed by atoms with Crippen LogP contribution in [0.5, 0.6) is 0 Å². The Kier molecular flexibility index (Phi) is 5.42. The molecule has 0 fully saturated rings. The minimum absolute atomic E-state index is 0.0295. The lowest BCUT2D eigenvalue weighted by molar-refractivity contribution is 0.0832. The fourth-order valence-corrected chi connectivity index (χ4v) is 5.75. The van der Waals surface area contributed by atoms with E-state index in [0.29, 0.717) is 9.90 Å². The zero-order chi connectivity index (χ0) is 25.0. The number of thiophene rings is 1. The first kappa shape index (κ1) is 22.6. The maximum Gasteiger partial charge on any atom is 0.263 e. The van der Waals surface area contributed by atoms with E-state index in [2.05, 4.69) is 26.3 Å². The van der Waals surface area contributed by atoms with E-state index in [4.69, 9.17) is 11.6 Å². The van der Waals surface area contributed by atoms with Crippen LogP contribution in [0, 0.1) is 0 Å². The Morgan fingerprint density at radius 1 is 1.19 bits per heavy atom. The second-order valence-corrected chi connectivity index (χ2v) is 10.3. The number of hydrogen-bond acceptors (Lipinski definition) is 5. The van der Waals surface area contributed by atoms with Crippen LogP contribution < -0.4 is 5.56 Å². The van der Waals surface area contributed by atoms with Crippen molar-refractivity contribution < 1.29 is 4.79 Å². The largest absolute Gasteiger partial charge is 0.344 e. The van der Waals surface area contributed by atoms with Gasteiger partial charge >= 0.3 is 0 Å². The molecule has 0 spiro atoms. The summed E-state index contributed by atoms with van der Waals surface area (Å²) in [5.41, 5.74) is 5.12. The van der Waals surface area contributed by atoms with Crippen molar-refractivity contribution in [3.8, 4) is 28.1 Å². The summed E-state index contributed by atoms with van der Waals surface area (Å²) in [6, 6.07) is 11.0. The fourth-order valence-electron chi connectivity index (χ4n) is 4.65. The van der Waals surface area contributed by atoms with Gasteiger partial charge in [0.15, 0.2) is 0 Å². The number of fused-ring (bicyclic) bond motifs is 1. The molecule has 1 amide bonds. The highest BCUT2D eigenvalue weighted by atomic mass is 35.5. The number of benzene rings is 1. The standard InChI is InChI=1S/C25H22ClN7O2S/c1-31(2)25(35)22-8-15(12-36-22)19-11-27-24(29-19)21-6-4-17-7-14(9-23(34)33(17)21)18-10-16(26)3-5-20(18)32-13-28-30-32/h3,5,7-13,21,30H,4,6H2,1-2H3,(H,27,29)/t21-/m0/s1. The highest BCUT2D eigenvalue weighted by molar-refractivity contribution is 7.12. The van der Waals surface area contributed by atoms with Crippen molar-refractivity contribution in [3.05, 3.63) is 86.1 Å². The number of imidazole rings is 1. The summed E-state index contributed by atoms with van der Waals surface area (Å²) in [7, 11) is 3.47. The van der Waals surface area contributed by atoms with E-state index in [-0.39, 0.29) is 17.5 Å². The molecule has 1 atom stereocenters. The van der Waals surface area contributed by atoms with Crippen LogP contribution >= 0.6 is 22.9 Å². The van der Waals surface area contributed by atoms with Crippen LogP contribution in [0.4, 0.5) is 0 Å². The van der Waals surface area contributed by atoms with E-state index in [1.165, 1.54) is 11.3 Å². The average molecular weight is 520 g/mol. The lowest BCUT2D eigenvalue weighted by atomic mass is 10.0. The molecule has 5 heterocycles. The molecule has 1 aliphatic heterocycles.